The van der Waals surface area contributed by atoms with Gasteiger partial charge in [-0.2, -0.15) is 4.31 Å². The van der Waals surface area contributed by atoms with Gasteiger partial charge in [-0.05, 0) is 38.3 Å². The molecule has 1 aromatic carbocycles. The molecule has 0 aromatic heterocycles. The third-order valence-corrected chi connectivity index (χ3v) is 6.46. The van der Waals surface area contributed by atoms with Crippen molar-refractivity contribution in [1.82, 2.24) is 4.31 Å². The summed E-state index contributed by atoms with van der Waals surface area (Å²) in [6.45, 7) is 3.91. The molecule has 0 spiro atoms. The SMILES string of the molecule is CCCC[C@@H]1CC[C@H](COCO)N1S(=O)(=O)c1ccc(C)cc1. The average molecular weight is 341 g/mol. The highest BCUT2D eigenvalue weighted by molar-refractivity contribution is 7.89. The van der Waals surface area contributed by atoms with E-state index >= 15 is 0 Å². The summed E-state index contributed by atoms with van der Waals surface area (Å²) in [4.78, 5) is 0.334. The van der Waals surface area contributed by atoms with E-state index in [1.165, 1.54) is 0 Å². The minimum Gasteiger partial charge on any atom is -0.371 e. The van der Waals surface area contributed by atoms with Crippen LogP contribution in [0, 0.1) is 6.92 Å². The predicted octanol–water partition coefficient (Wildman–Crippen LogP) is 2.67. The second kappa shape index (κ2) is 8.24. The lowest BCUT2D eigenvalue weighted by atomic mass is 10.1. The van der Waals surface area contributed by atoms with Gasteiger partial charge in [-0.1, -0.05) is 37.5 Å². The maximum Gasteiger partial charge on any atom is 0.243 e. The van der Waals surface area contributed by atoms with E-state index in [0.29, 0.717) is 4.90 Å². The van der Waals surface area contributed by atoms with Crippen LogP contribution in [-0.2, 0) is 14.8 Å². The van der Waals surface area contributed by atoms with Crippen molar-refractivity contribution in [2.75, 3.05) is 13.4 Å². The fourth-order valence-corrected chi connectivity index (χ4v) is 5.10. The maximum atomic E-state index is 13.1. The zero-order valence-electron chi connectivity index (χ0n) is 13.9. The number of hydrogen-bond donors (Lipinski definition) is 1. The highest BCUT2D eigenvalue weighted by atomic mass is 32.2. The van der Waals surface area contributed by atoms with Gasteiger partial charge in [0, 0.05) is 12.1 Å². The summed E-state index contributed by atoms with van der Waals surface area (Å²) in [5.74, 6) is 0. The van der Waals surface area contributed by atoms with Gasteiger partial charge in [0.2, 0.25) is 10.0 Å². The van der Waals surface area contributed by atoms with Gasteiger partial charge < -0.3 is 9.84 Å². The number of hydrogen-bond acceptors (Lipinski definition) is 4. The van der Waals surface area contributed by atoms with Gasteiger partial charge in [0.15, 0.2) is 0 Å². The molecular formula is C17H27NO4S. The number of aliphatic hydroxyl groups excluding tert-OH is 1. The van der Waals surface area contributed by atoms with E-state index in [-0.39, 0.29) is 25.5 Å². The van der Waals surface area contributed by atoms with Gasteiger partial charge in [0.1, 0.15) is 6.79 Å². The van der Waals surface area contributed by atoms with Crippen LogP contribution in [0.15, 0.2) is 29.2 Å². The van der Waals surface area contributed by atoms with Crippen molar-refractivity contribution >= 4 is 10.0 Å². The first-order valence-corrected chi connectivity index (χ1v) is 9.73. The summed E-state index contributed by atoms with van der Waals surface area (Å²) in [5, 5.41) is 8.88. The Bertz CT molecular complexity index is 569. The second-order valence-electron chi connectivity index (χ2n) is 6.18. The molecule has 2 rings (SSSR count). The van der Waals surface area contributed by atoms with Gasteiger partial charge in [0.05, 0.1) is 11.5 Å². The van der Waals surface area contributed by atoms with Gasteiger partial charge in [-0.3, -0.25) is 0 Å². The molecule has 23 heavy (non-hydrogen) atoms. The largest absolute Gasteiger partial charge is 0.371 e. The van der Waals surface area contributed by atoms with Crippen molar-refractivity contribution in [1.29, 1.82) is 0 Å². The summed E-state index contributed by atoms with van der Waals surface area (Å²) >= 11 is 0. The van der Waals surface area contributed by atoms with Crippen molar-refractivity contribution in [2.24, 2.45) is 0 Å². The van der Waals surface area contributed by atoms with Gasteiger partial charge in [-0.25, -0.2) is 8.42 Å². The van der Waals surface area contributed by atoms with Crippen molar-refractivity contribution in [3.8, 4) is 0 Å². The van der Waals surface area contributed by atoms with Crippen molar-refractivity contribution < 1.29 is 18.3 Å². The van der Waals surface area contributed by atoms with Crippen molar-refractivity contribution in [3.05, 3.63) is 29.8 Å². The van der Waals surface area contributed by atoms with Crippen LogP contribution in [0.2, 0.25) is 0 Å². The molecule has 0 saturated carbocycles. The zero-order chi connectivity index (χ0) is 16.9. The molecule has 2 atom stereocenters. The molecule has 1 aliphatic heterocycles. The fourth-order valence-electron chi connectivity index (χ4n) is 3.22. The zero-order valence-corrected chi connectivity index (χ0v) is 14.8. The van der Waals surface area contributed by atoms with E-state index in [1.54, 1.807) is 16.4 Å². The topological polar surface area (TPSA) is 66.8 Å². The summed E-state index contributed by atoms with van der Waals surface area (Å²) in [5.41, 5.74) is 1.04. The quantitative estimate of drug-likeness (QED) is 0.738. The number of rotatable bonds is 8. The van der Waals surface area contributed by atoms with Crippen LogP contribution >= 0.6 is 0 Å². The third-order valence-electron chi connectivity index (χ3n) is 4.44. The van der Waals surface area contributed by atoms with Crippen molar-refractivity contribution in [3.63, 3.8) is 0 Å². The Morgan fingerprint density at radius 2 is 1.87 bits per heavy atom. The highest BCUT2D eigenvalue weighted by Gasteiger charge is 2.41. The molecule has 130 valence electrons. The summed E-state index contributed by atoms with van der Waals surface area (Å²) < 4.78 is 32.9. The summed E-state index contributed by atoms with van der Waals surface area (Å²) in [7, 11) is -3.54. The molecule has 1 N–H and O–H groups in total. The number of aliphatic hydroxyl groups is 1. The highest BCUT2D eigenvalue weighted by Crippen LogP contribution is 2.33. The Balaban J connectivity index is 2.28. The predicted molar refractivity (Wildman–Crippen MR) is 89.6 cm³/mol. The molecule has 5 nitrogen and oxygen atoms in total. The standard InChI is InChI=1S/C17H27NO4S/c1-3-4-5-15-8-9-16(12-22-13-19)18(15)23(20,21)17-10-6-14(2)7-11-17/h6-7,10-11,15-16,19H,3-5,8-9,12-13H2,1-2H3/t15-,16-/m1/s1. The number of sulfonamides is 1. The first kappa shape index (κ1) is 18.4. The molecule has 1 saturated heterocycles. The molecule has 0 aliphatic carbocycles. The number of benzene rings is 1. The fraction of sp³-hybridized carbons (Fsp3) is 0.647. The monoisotopic (exact) mass is 341 g/mol. The molecule has 0 amide bonds. The lowest BCUT2D eigenvalue weighted by molar-refractivity contribution is -0.0171. The van der Waals surface area contributed by atoms with Gasteiger partial charge in [0.25, 0.3) is 0 Å². The van der Waals surface area contributed by atoms with E-state index in [4.69, 9.17) is 9.84 Å². The Hall–Kier alpha value is -0.950. The number of unbranched alkanes of at least 4 members (excludes halogenated alkanes) is 1. The molecule has 1 fully saturated rings. The minimum absolute atomic E-state index is 0.0218. The summed E-state index contributed by atoms with van der Waals surface area (Å²) in [6, 6.07) is 6.81. The van der Waals surface area contributed by atoms with E-state index in [1.807, 2.05) is 19.1 Å². The number of ether oxygens (including phenoxy) is 1. The summed E-state index contributed by atoms with van der Waals surface area (Å²) in [6.07, 6.45) is 4.56. The minimum atomic E-state index is -3.54. The normalized spacial score (nSPS) is 22.6. The maximum absolute atomic E-state index is 13.1. The number of aryl methyl sites for hydroxylation is 1. The molecule has 1 heterocycles. The first-order chi connectivity index (χ1) is 11.0. The Kier molecular flexibility index (Phi) is 6.59. The van der Waals surface area contributed by atoms with Crippen molar-refractivity contribution in [2.45, 2.75) is 62.9 Å². The molecule has 1 aliphatic rings. The Morgan fingerprint density at radius 3 is 2.48 bits per heavy atom. The van der Waals surface area contributed by atoms with Crippen LogP contribution < -0.4 is 0 Å². The lowest BCUT2D eigenvalue weighted by Gasteiger charge is -2.29. The van der Waals surface area contributed by atoms with E-state index < -0.39 is 10.0 Å². The Labute approximate surface area is 139 Å². The van der Waals surface area contributed by atoms with Gasteiger partial charge >= 0.3 is 0 Å². The smallest absolute Gasteiger partial charge is 0.243 e. The molecule has 1 aromatic rings. The molecule has 6 heteroatoms. The third kappa shape index (κ3) is 4.32. The van der Waals surface area contributed by atoms with Crippen LogP contribution in [0.1, 0.15) is 44.6 Å². The second-order valence-corrected chi connectivity index (χ2v) is 8.02. The van der Waals surface area contributed by atoms with Crippen LogP contribution in [0.3, 0.4) is 0 Å². The Morgan fingerprint density at radius 1 is 1.22 bits per heavy atom. The van der Waals surface area contributed by atoms with E-state index in [2.05, 4.69) is 6.92 Å². The number of nitrogens with zero attached hydrogens (tertiary/aromatic N) is 1. The van der Waals surface area contributed by atoms with E-state index in [0.717, 1.165) is 37.7 Å². The van der Waals surface area contributed by atoms with Crippen LogP contribution in [-0.4, -0.2) is 43.3 Å². The molecule has 0 unspecified atom stereocenters. The molecular weight excluding hydrogens is 314 g/mol. The first-order valence-electron chi connectivity index (χ1n) is 8.29. The van der Waals surface area contributed by atoms with Crippen LogP contribution in [0.5, 0.6) is 0 Å². The van der Waals surface area contributed by atoms with E-state index in [9.17, 15) is 8.42 Å². The van der Waals surface area contributed by atoms with Gasteiger partial charge in [-0.15, -0.1) is 0 Å². The average Bonchev–Trinajstić information content (AvgIpc) is 2.95. The molecule has 0 radical (unpaired) electrons. The van der Waals surface area contributed by atoms with Crippen LogP contribution in [0.4, 0.5) is 0 Å². The molecule has 0 bridgehead atoms. The lowest BCUT2D eigenvalue weighted by Crippen LogP contribution is -2.43. The van der Waals surface area contributed by atoms with Crippen LogP contribution in [0.25, 0.3) is 0 Å².